The molecule has 0 saturated carbocycles. The number of anilines is 2. The molecule has 0 aromatic heterocycles. The first-order valence-corrected chi connectivity index (χ1v) is 9.62. The number of carbonyl (C=O) groups is 2. The van der Waals surface area contributed by atoms with Crippen LogP contribution in [0.2, 0.25) is 0 Å². The van der Waals surface area contributed by atoms with Gasteiger partial charge in [0.1, 0.15) is 0 Å². The highest BCUT2D eigenvalue weighted by Gasteiger charge is 2.35. The van der Waals surface area contributed by atoms with Gasteiger partial charge in [-0.05, 0) is 42.2 Å². The highest BCUT2D eigenvalue weighted by molar-refractivity contribution is 9.10. The molecule has 136 valence electrons. The Labute approximate surface area is 162 Å². The normalized spacial score (nSPS) is 17.0. The molecule has 2 amide bonds. The van der Waals surface area contributed by atoms with Crippen LogP contribution in [0.3, 0.4) is 0 Å². The van der Waals surface area contributed by atoms with Crippen molar-refractivity contribution in [3.63, 3.8) is 0 Å². The summed E-state index contributed by atoms with van der Waals surface area (Å²) in [5.74, 6) is -0.140. The maximum atomic E-state index is 12.8. The standard InChI is InChI=1S/C21H23BrN2O2/c1-13(2)18-9-4-6-14(3)20(18)23-21(26)15-10-19(25)24(12-15)17-8-5-7-16(22)11-17/h4-9,11,13,15H,10,12H2,1-3H3,(H,23,26). The summed E-state index contributed by atoms with van der Waals surface area (Å²) in [6, 6.07) is 13.6. The summed E-state index contributed by atoms with van der Waals surface area (Å²) in [6.45, 7) is 6.62. The van der Waals surface area contributed by atoms with E-state index in [-0.39, 0.29) is 24.2 Å². The highest BCUT2D eigenvalue weighted by atomic mass is 79.9. The zero-order chi connectivity index (χ0) is 18.8. The smallest absolute Gasteiger partial charge is 0.229 e. The molecule has 1 fully saturated rings. The van der Waals surface area contributed by atoms with Crippen LogP contribution >= 0.6 is 15.9 Å². The van der Waals surface area contributed by atoms with Crippen molar-refractivity contribution in [3.8, 4) is 0 Å². The number of aryl methyl sites for hydroxylation is 1. The number of hydrogen-bond donors (Lipinski definition) is 1. The van der Waals surface area contributed by atoms with Gasteiger partial charge in [-0.25, -0.2) is 0 Å². The third-order valence-corrected chi connectivity index (χ3v) is 5.28. The van der Waals surface area contributed by atoms with Crippen molar-refractivity contribution in [3.05, 3.63) is 58.1 Å². The number of para-hydroxylation sites is 1. The van der Waals surface area contributed by atoms with Crippen molar-refractivity contribution in [2.45, 2.75) is 33.1 Å². The van der Waals surface area contributed by atoms with E-state index in [2.05, 4.69) is 35.1 Å². The van der Waals surface area contributed by atoms with Crippen LogP contribution in [0.1, 0.15) is 37.3 Å². The van der Waals surface area contributed by atoms with Crippen LogP contribution in [0.25, 0.3) is 0 Å². The summed E-state index contributed by atoms with van der Waals surface area (Å²) in [7, 11) is 0. The third kappa shape index (κ3) is 3.83. The average Bonchev–Trinajstić information content (AvgIpc) is 2.98. The van der Waals surface area contributed by atoms with E-state index in [0.717, 1.165) is 27.0 Å². The van der Waals surface area contributed by atoms with Gasteiger partial charge in [-0.1, -0.05) is 54.0 Å². The molecule has 1 heterocycles. The Hall–Kier alpha value is -2.14. The van der Waals surface area contributed by atoms with E-state index >= 15 is 0 Å². The van der Waals surface area contributed by atoms with Crippen molar-refractivity contribution in [2.24, 2.45) is 5.92 Å². The average molecular weight is 415 g/mol. The molecule has 1 N–H and O–H groups in total. The Balaban J connectivity index is 1.77. The van der Waals surface area contributed by atoms with Crippen molar-refractivity contribution < 1.29 is 9.59 Å². The molecule has 5 heteroatoms. The van der Waals surface area contributed by atoms with Gasteiger partial charge >= 0.3 is 0 Å². The molecule has 3 rings (SSSR count). The summed E-state index contributed by atoms with van der Waals surface area (Å²) in [5, 5.41) is 3.08. The number of carbonyl (C=O) groups excluding carboxylic acids is 2. The first-order chi connectivity index (χ1) is 12.4. The number of hydrogen-bond acceptors (Lipinski definition) is 2. The van der Waals surface area contributed by atoms with E-state index in [0.29, 0.717) is 12.5 Å². The van der Waals surface area contributed by atoms with Gasteiger partial charge in [0.2, 0.25) is 11.8 Å². The lowest BCUT2D eigenvalue weighted by molar-refractivity contribution is -0.122. The van der Waals surface area contributed by atoms with Gasteiger partial charge in [-0.2, -0.15) is 0 Å². The van der Waals surface area contributed by atoms with Crippen LogP contribution in [0.15, 0.2) is 46.9 Å². The van der Waals surface area contributed by atoms with Gasteiger partial charge in [0.05, 0.1) is 5.92 Å². The van der Waals surface area contributed by atoms with Gasteiger partial charge in [0, 0.05) is 28.8 Å². The lowest BCUT2D eigenvalue weighted by Crippen LogP contribution is -2.28. The van der Waals surface area contributed by atoms with Gasteiger partial charge in [0.15, 0.2) is 0 Å². The minimum Gasteiger partial charge on any atom is -0.325 e. The summed E-state index contributed by atoms with van der Waals surface area (Å²) >= 11 is 3.43. The molecular formula is C21H23BrN2O2. The Morgan fingerprint density at radius 3 is 2.65 bits per heavy atom. The third-order valence-electron chi connectivity index (χ3n) is 4.79. The first-order valence-electron chi connectivity index (χ1n) is 8.83. The Morgan fingerprint density at radius 2 is 1.96 bits per heavy atom. The summed E-state index contributed by atoms with van der Waals surface area (Å²) in [4.78, 5) is 26.9. The number of benzene rings is 2. The largest absolute Gasteiger partial charge is 0.325 e. The second kappa shape index (κ2) is 7.62. The first kappa shape index (κ1) is 18.6. The topological polar surface area (TPSA) is 49.4 Å². The number of nitrogens with zero attached hydrogens (tertiary/aromatic N) is 1. The molecule has 4 nitrogen and oxygen atoms in total. The molecule has 1 aliphatic heterocycles. The maximum absolute atomic E-state index is 12.8. The van der Waals surface area contributed by atoms with Crippen LogP contribution in [0.4, 0.5) is 11.4 Å². The quantitative estimate of drug-likeness (QED) is 0.775. The lowest BCUT2D eigenvalue weighted by Gasteiger charge is -2.19. The zero-order valence-electron chi connectivity index (χ0n) is 15.3. The zero-order valence-corrected chi connectivity index (χ0v) is 16.8. The molecular weight excluding hydrogens is 392 g/mol. The molecule has 0 radical (unpaired) electrons. The Morgan fingerprint density at radius 1 is 1.23 bits per heavy atom. The molecule has 1 aliphatic rings. The molecule has 2 aromatic carbocycles. The summed E-state index contributed by atoms with van der Waals surface area (Å²) in [5.41, 5.74) is 3.85. The van der Waals surface area contributed by atoms with Gasteiger partial charge in [-0.3, -0.25) is 9.59 Å². The molecule has 1 saturated heterocycles. The van der Waals surface area contributed by atoms with E-state index in [1.54, 1.807) is 4.90 Å². The second-order valence-corrected chi connectivity index (χ2v) is 7.98. The molecule has 0 bridgehead atoms. The number of amides is 2. The fourth-order valence-electron chi connectivity index (χ4n) is 3.34. The van der Waals surface area contributed by atoms with Crippen LogP contribution in [-0.2, 0) is 9.59 Å². The fourth-order valence-corrected chi connectivity index (χ4v) is 3.73. The van der Waals surface area contributed by atoms with Gasteiger partial charge in [0.25, 0.3) is 0 Å². The van der Waals surface area contributed by atoms with E-state index in [4.69, 9.17) is 0 Å². The maximum Gasteiger partial charge on any atom is 0.229 e. The summed E-state index contributed by atoms with van der Waals surface area (Å²) < 4.78 is 0.914. The highest BCUT2D eigenvalue weighted by Crippen LogP contribution is 2.31. The SMILES string of the molecule is Cc1cccc(C(C)C)c1NC(=O)C1CC(=O)N(c2cccc(Br)c2)C1. The van der Waals surface area contributed by atoms with Crippen LogP contribution in [-0.4, -0.2) is 18.4 Å². The van der Waals surface area contributed by atoms with Gasteiger partial charge in [-0.15, -0.1) is 0 Å². The van der Waals surface area contributed by atoms with Crippen molar-refractivity contribution >= 4 is 39.1 Å². The monoisotopic (exact) mass is 414 g/mol. The molecule has 1 unspecified atom stereocenters. The fraction of sp³-hybridized carbons (Fsp3) is 0.333. The lowest BCUT2D eigenvalue weighted by atomic mass is 9.97. The Kier molecular flexibility index (Phi) is 5.47. The van der Waals surface area contributed by atoms with Crippen molar-refractivity contribution in [2.75, 3.05) is 16.8 Å². The molecule has 0 aliphatic carbocycles. The van der Waals surface area contributed by atoms with E-state index in [1.807, 2.05) is 49.4 Å². The molecule has 26 heavy (non-hydrogen) atoms. The molecule has 2 aromatic rings. The van der Waals surface area contributed by atoms with E-state index in [9.17, 15) is 9.59 Å². The molecule has 1 atom stereocenters. The summed E-state index contributed by atoms with van der Waals surface area (Å²) in [6.07, 6.45) is 0.237. The van der Waals surface area contributed by atoms with Crippen LogP contribution in [0.5, 0.6) is 0 Å². The minimum absolute atomic E-state index is 0.0166. The van der Waals surface area contributed by atoms with E-state index < -0.39 is 0 Å². The molecule has 0 spiro atoms. The number of nitrogens with one attached hydrogen (secondary N) is 1. The predicted octanol–water partition coefficient (Wildman–Crippen LogP) is 4.87. The van der Waals surface area contributed by atoms with Crippen LogP contribution in [0, 0.1) is 12.8 Å². The minimum atomic E-state index is -0.346. The number of rotatable bonds is 4. The van der Waals surface area contributed by atoms with Crippen molar-refractivity contribution in [1.29, 1.82) is 0 Å². The van der Waals surface area contributed by atoms with Gasteiger partial charge < -0.3 is 10.2 Å². The number of halogens is 1. The van der Waals surface area contributed by atoms with Crippen LogP contribution < -0.4 is 10.2 Å². The Bertz CT molecular complexity index is 848. The second-order valence-electron chi connectivity index (χ2n) is 7.07. The predicted molar refractivity (Wildman–Crippen MR) is 108 cm³/mol. The van der Waals surface area contributed by atoms with Crippen molar-refractivity contribution in [1.82, 2.24) is 0 Å². The van der Waals surface area contributed by atoms with E-state index in [1.165, 1.54) is 0 Å².